The summed E-state index contributed by atoms with van der Waals surface area (Å²) >= 11 is 5.56. The molecule has 0 aliphatic carbocycles. The third-order valence-electron chi connectivity index (χ3n) is 1.82. The van der Waals surface area contributed by atoms with E-state index in [2.05, 4.69) is 15.4 Å². The van der Waals surface area contributed by atoms with Gasteiger partial charge in [0.05, 0.1) is 11.8 Å². The lowest BCUT2D eigenvalue weighted by atomic mass is 10.1. The summed E-state index contributed by atoms with van der Waals surface area (Å²) in [4.78, 5) is 11.6. The predicted molar refractivity (Wildman–Crippen MR) is 51.2 cm³/mol. The van der Waals surface area contributed by atoms with Crippen LogP contribution in [0.3, 0.4) is 0 Å². The number of carbonyl (C=O) groups is 1. The van der Waals surface area contributed by atoms with Crippen LogP contribution in [-0.4, -0.2) is 21.2 Å². The first kappa shape index (κ1) is 9.79. The van der Waals surface area contributed by atoms with Crippen molar-refractivity contribution in [3.05, 3.63) is 46.5 Å². The van der Waals surface area contributed by atoms with Gasteiger partial charge in [-0.3, -0.25) is 4.79 Å². The van der Waals surface area contributed by atoms with Crippen LogP contribution in [-0.2, 0) is 0 Å². The second-order valence-electron chi connectivity index (χ2n) is 2.81. The fraction of sp³-hybridized carbons (Fsp3) is 0. The van der Waals surface area contributed by atoms with Gasteiger partial charge in [0.25, 0.3) is 0 Å². The Bertz CT molecular complexity index is 498. The fourth-order valence-electron chi connectivity index (χ4n) is 1.12. The zero-order chi connectivity index (χ0) is 10.8. The molecule has 6 heteroatoms. The summed E-state index contributed by atoms with van der Waals surface area (Å²) in [5.74, 6) is -1.20. The number of ketones is 1. The maximum atomic E-state index is 13.3. The second kappa shape index (κ2) is 3.78. The van der Waals surface area contributed by atoms with Gasteiger partial charge in [0.15, 0.2) is 5.69 Å². The van der Waals surface area contributed by atoms with Gasteiger partial charge in [-0.15, -0.1) is 0 Å². The summed E-state index contributed by atoms with van der Waals surface area (Å²) < 4.78 is 13.3. The van der Waals surface area contributed by atoms with Gasteiger partial charge in [-0.2, -0.15) is 15.4 Å². The third kappa shape index (κ3) is 1.87. The van der Waals surface area contributed by atoms with E-state index in [1.807, 2.05) is 0 Å². The topological polar surface area (TPSA) is 58.6 Å². The van der Waals surface area contributed by atoms with E-state index in [9.17, 15) is 9.18 Å². The Labute approximate surface area is 89.1 Å². The maximum absolute atomic E-state index is 13.3. The lowest BCUT2D eigenvalue weighted by Gasteiger charge is -1.99. The molecule has 0 amide bonds. The summed E-state index contributed by atoms with van der Waals surface area (Å²) in [6, 6.07) is 3.83. The summed E-state index contributed by atoms with van der Waals surface area (Å²) in [5.41, 5.74) is -0.00970. The standard InChI is InChI=1S/C9H5ClFN3O/c10-5-1-2-6(7(11)3-5)9(15)8-4-12-14-13-8/h1-4H,(H,12,13,14). The van der Waals surface area contributed by atoms with Crippen LogP contribution in [0.5, 0.6) is 0 Å². The molecule has 76 valence electrons. The number of halogens is 2. The molecule has 0 aliphatic rings. The van der Waals surface area contributed by atoms with E-state index in [4.69, 9.17) is 11.6 Å². The van der Waals surface area contributed by atoms with Crippen molar-refractivity contribution in [2.45, 2.75) is 0 Å². The van der Waals surface area contributed by atoms with Crippen LogP contribution >= 0.6 is 11.6 Å². The first-order chi connectivity index (χ1) is 7.18. The van der Waals surface area contributed by atoms with Gasteiger partial charge in [0.1, 0.15) is 5.82 Å². The SMILES string of the molecule is O=C(c1cn[nH]n1)c1ccc(Cl)cc1F. The number of aromatic amines is 1. The van der Waals surface area contributed by atoms with Crippen LogP contribution in [0.2, 0.25) is 5.02 Å². The molecule has 0 atom stereocenters. The van der Waals surface area contributed by atoms with Gasteiger partial charge in [0.2, 0.25) is 5.78 Å². The van der Waals surface area contributed by atoms with Crippen LogP contribution in [0.15, 0.2) is 24.4 Å². The van der Waals surface area contributed by atoms with E-state index >= 15 is 0 Å². The monoisotopic (exact) mass is 225 g/mol. The van der Waals surface area contributed by atoms with Gasteiger partial charge < -0.3 is 0 Å². The van der Waals surface area contributed by atoms with Crippen LogP contribution in [0.25, 0.3) is 0 Å². The molecular weight excluding hydrogens is 221 g/mol. The smallest absolute Gasteiger partial charge is 0.217 e. The summed E-state index contributed by atoms with van der Waals surface area (Å²) in [6.45, 7) is 0. The quantitative estimate of drug-likeness (QED) is 0.794. The van der Waals surface area contributed by atoms with Crippen molar-refractivity contribution < 1.29 is 9.18 Å². The number of aromatic nitrogens is 3. The molecule has 0 radical (unpaired) electrons. The number of rotatable bonds is 2. The predicted octanol–water partition coefficient (Wildman–Crippen LogP) is 1.83. The molecular formula is C9H5ClFN3O. The third-order valence-corrected chi connectivity index (χ3v) is 2.06. The van der Waals surface area contributed by atoms with Crippen molar-refractivity contribution in [3.8, 4) is 0 Å². The number of hydrogen-bond acceptors (Lipinski definition) is 3. The van der Waals surface area contributed by atoms with Crippen molar-refractivity contribution in [2.24, 2.45) is 0 Å². The lowest BCUT2D eigenvalue weighted by molar-refractivity contribution is 0.103. The maximum Gasteiger partial charge on any atom is 0.217 e. The molecule has 0 saturated carbocycles. The average molecular weight is 226 g/mol. The van der Waals surface area contributed by atoms with Gasteiger partial charge in [-0.1, -0.05) is 11.6 Å². The molecule has 2 rings (SSSR count). The van der Waals surface area contributed by atoms with Crippen molar-refractivity contribution in [3.63, 3.8) is 0 Å². The lowest BCUT2D eigenvalue weighted by Crippen LogP contribution is -2.04. The molecule has 2 aromatic rings. The van der Waals surface area contributed by atoms with E-state index in [1.54, 1.807) is 0 Å². The summed E-state index contributed by atoms with van der Waals surface area (Å²) in [5, 5.41) is 9.56. The van der Waals surface area contributed by atoms with Crippen LogP contribution in [0.4, 0.5) is 4.39 Å². The molecule has 0 fully saturated rings. The van der Waals surface area contributed by atoms with Crippen molar-refractivity contribution >= 4 is 17.4 Å². The Morgan fingerprint density at radius 3 is 2.87 bits per heavy atom. The highest BCUT2D eigenvalue weighted by Gasteiger charge is 2.16. The minimum absolute atomic E-state index is 0.0659. The Morgan fingerprint density at radius 2 is 2.27 bits per heavy atom. The van der Waals surface area contributed by atoms with Crippen molar-refractivity contribution in [2.75, 3.05) is 0 Å². The van der Waals surface area contributed by atoms with Gasteiger partial charge in [-0.05, 0) is 18.2 Å². The molecule has 0 saturated heterocycles. The molecule has 1 aromatic carbocycles. The van der Waals surface area contributed by atoms with Crippen LogP contribution in [0, 0.1) is 5.82 Å². The van der Waals surface area contributed by atoms with Crippen LogP contribution < -0.4 is 0 Å². The van der Waals surface area contributed by atoms with E-state index in [-0.39, 0.29) is 16.3 Å². The molecule has 0 bridgehead atoms. The summed E-state index contributed by atoms with van der Waals surface area (Å²) in [6.07, 6.45) is 1.23. The zero-order valence-electron chi connectivity index (χ0n) is 7.37. The van der Waals surface area contributed by atoms with Crippen molar-refractivity contribution in [1.82, 2.24) is 15.4 Å². The number of benzene rings is 1. The molecule has 15 heavy (non-hydrogen) atoms. The highest BCUT2D eigenvalue weighted by atomic mass is 35.5. The highest BCUT2D eigenvalue weighted by molar-refractivity contribution is 6.30. The first-order valence-electron chi connectivity index (χ1n) is 4.04. The highest BCUT2D eigenvalue weighted by Crippen LogP contribution is 2.16. The fourth-order valence-corrected chi connectivity index (χ4v) is 1.28. The van der Waals surface area contributed by atoms with Crippen LogP contribution in [0.1, 0.15) is 16.1 Å². The second-order valence-corrected chi connectivity index (χ2v) is 3.24. The molecule has 1 heterocycles. The Balaban J connectivity index is 2.42. The minimum Gasteiger partial charge on any atom is -0.287 e. The normalized spacial score (nSPS) is 10.3. The Hall–Kier alpha value is -1.75. The van der Waals surface area contributed by atoms with E-state index < -0.39 is 11.6 Å². The minimum atomic E-state index is -0.671. The zero-order valence-corrected chi connectivity index (χ0v) is 8.12. The van der Waals surface area contributed by atoms with Gasteiger partial charge >= 0.3 is 0 Å². The van der Waals surface area contributed by atoms with E-state index in [0.29, 0.717) is 0 Å². The summed E-state index contributed by atoms with van der Waals surface area (Å²) in [7, 11) is 0. The molecule has 1 N–H and O–H groups in total. The van der Waals surface area contributed by atoms with Gasteiger partial charge in [0, 0.05) is 5.02 Å². The molecule has 1 aromatic heterocycles. The Kier molecular flexibility index (Phi) is 2.47. The Morgan fingerprint density at radius 1 is 1.47 bits per heavy atom. The molecule has 4 nitrogen and oxygen atoms in total. The average Bonchev–Trinajstić information content (AvgIpc) is 2.69. The number of carbonyl (C=O) groups excluding carboxylic acids is 1. The number of hydrogen-bond donors (Lipinski definition) is 1. The van der Waals surface area contributed by atoms with E-state index in [1.165, 1.54) is 18.3 Å². The first-order valence-corrected chi connectivity index (χ1v) is 4.42. The molecule has 0 aliphatic heterocycles. The van der Waals surface area contributed by atoms with E-state index in [0.717, 1.165) is 6.07 Å². The number of H-pyrrole nitrogens is 1. The number of nitrogens with zero attached hydrogens (tertiary/aromatic N) is 2. The number of nitrogens with one attached hydrogen (secondary N) is 1. The van der Waals surface area contributed by atoms with Gasteiger partial charge in [-0.25, -0.2) is 4.39 Å². The largest absolute Gasteiger partial charge is 0.287 e. The van der Waals surface area contributed by atoms with Crippen molar-refractivity contribution in [1.29, 1.82) is 0 Å². The molecule has 0 unspecified atom stereocenters. The molecule has 0 spiro atoms.